The molecule has 0 atom stereocenters. The quantitative estimate of drug-likeness (QED) is 0.544. The third-order valence-electron chi connectivity index (χ3n) is 1.89. The van der Waals surface area contributed by atoms with Crippen LogP contribution in [0.1, 0.15) is 20.3 Å². The van der Waals surface area contributed by atoms with Crippen molar-refractivity contribution in [2.24, 2.45) is 5.73 Å². The van der Waals surface area contributed by atoms with Gasteiger partial charge in [0.2, 0.25) is 11.8 Å². The lowest BCUT2D eigenvalue weighted by atomic mass is 10.2. The Hall–Kier alpha value is -1.84. The van der Waals surface area contributed by atoms with Crippen molar-refractivity contribution in [3.05, 3.63) is 37.1 Å². The summed E-state index contributed by atoms with van der Waals surface area (Å²) in [6, 6.07) is -0.0731. The second kappa shape index (κ2) is 6.61. The largest absolute Gasteiger partial charge is 0.369 e. The van der Waals surface area contributed by atoms with Gasteiger partial charge in [-0.3, -0.25) is 9.59 Å². The molecule has 0 bridgehead atoms. The van der Waals surface area contributed by atoms with E-state index in [9.17, 15) is 9.59 Å². The fourth-order valence-electron chi connectivity index (χ4n) is 1.33. The number of rotatable bonds is 6. The zero-order chi connectivity index (χ0) is 12.7. The van der Waals surface area contributed by atoms with Gasteiger partial charge in [-0.2, -0.15) is 0 Å². The highest BCUT2D eigenvalue weighted by Gasteiger charge is 2.20. The first-order valence-corrected chi connectivity index (χ1v) is 4.99. The van der Waals surface area contributed by atoms with Gasteiger partial charge in [0, 0.05) is 11.7 Å². The minimum atomic E-state index is -0.641. The normalized spacial score (nSPS) is 11.1. The molecule has 0 heterocycles. The van der Waals surface area contributed by atoms with Crippen LogP contribution in [0.2, 0.25) is 0 Å². The van der Waals surface area contributed by atoms with E-state index in [0.29, 0.717) is 5.70 Å². The van der Waals surface area contributed by atoms with Gasteiger partial charge >= 0.3 is 0 Å². The van der Waals surface area contributed by atoms with E-state index < -0.39 is 5.91 Å². The molecule has 0 fully saturated rings. The lowest BCUT2D eigenvalue weighted by Crippen LogP contribution is -2.37. The average molecular weight is 222 g/mol. The van der Waals surface area contributed by atoms with Crippen molar-refractivity contribution < 1.29 is 9.59 Å². The van der Waals surface area contributed by atoms with Crippen molar-refractivity contribution in [2.75, 3.05) is 0 Å². The molecule has 0 aromatic carbocycles. The molecule has 88 valence electrons. The van der Waals surface area contributed by atoms with Gasteiger partial charge in [-0.1, -0.05) is 19.2 Å². The SMILES string of the molecule is C=C/C=C(\C=C)N(C(=O)CC(N)=O)C(C)C. The Morgan fingerprint density at radius 1 is 1.38 bits per heavy atom. The first kappa shape index (κ1) is 14.2. The van der Waals surface area contributed by atoms with Gasteiger partial charge in [0.1, 0.15) is 6.42 Å². The van der Waals surface area contributed by atoms with E-state index in [0.717, 1.165) is 0 Å². The number of hydrogen-bond acceptors (Lipinski definition) is 2. The Balaban J connectivity index is 5.06. The lowest BCUT2D eigenvalue weighted by molar-refractivity contribution is -0.134. The Labute approximate surface area is 96.1 Å². The highest BCUT2D eigenvalue weighted by Crippen LogP contribution is 2.12. The molecule has 0 rings (SSSR count). The van der Waals surface area contributed by atoms with Gasteiger partial charge in [0.15, 0.2) is 0 Å². The summed E-state index contributed by atoms with van der Waals surface area (Å²) < 4.78 is 0. The monoisotopic (exact) mass is 222 g/mol. The minimum absolute atomic E-state index is 0.0731. The van der Waals surface area contributed by atoms with Crippen molar-refractivity contribution >= 4 is 11.8 Å². The zero-order valence-electron chi connectivity index (χ0n) is 9.77. The Morgan fingerprint density at radius 3 is 2.25 bits per heavy atom. The van der Waals surface area contributed by atoms with Gasteiger partial charge in [-0.05, 0) is 26.0 Å². The maximum absolute atomic E-state index is 11.8. The number of allylic oxidation sites excluding steroid dienone is 3. The average Bonchev–Trinajstić information content (AvgIpc) is 2.15. The van der Waals surface area contributed by atoms with Crippen LogP contribution >= 0.6 is 0 Å². The topological polar surface area (TPSA) is 63.4 Å². The fraction of sp³-hybridized carbons (Fsp3) is 0.333. The number of nitrogens with two attached hydrogens (primary N) is 1. The maximum atomic E-state index is 11.8. The number of hydrogen-bond donors (Lipinski definition) is 1. The molecule has 0 saturated heterocycles. The molecule has 0 unspecified atom stereocenters. The first-order valence-electron chi connectivity index (χ1n) is 4.99. The summed E-state index contributed by atoms with van der Waals surface area (Å²) in [5.41, 5.74) is 5.60. The van der Waals surface area contributed by atoms with Crippen molar-refractivity contribution in [1.29, 1.82) is 0 Å². The van der Waals surface area contributed by atoms with Crippen LogP contribution in [0.5, 0.6) is 0 Å². The predicted molar refractivity (Wildman–Crippen MR) is 64.3 cm³/mol. The molecule has 16 heavy (non-hydrogen) atoms. The summed E-state index contributed by atoms with van der Waals surface area (Å²) in [6.07, 6.45) is 4.46. The number of nitrogens with zero attached hydrogens (tertiary/aromatic N) is 1. The summed E-state index contributed by atoms with van der Waals surface area (Å²) in [4.78, 5) is 24.0. The van der Waals surface area contributed by atoms with E-state index in [1.165, 1.54) is 4.90 Å². The molecule has 0 radical (unpaired) electrons. The van der Waals surface area contributed by atoms with E-state index in [2.05, 4.69) is 13.2 Å². The lowest BCUT2D eigenvalue weighted by Gasteiger charge is -2.27. The van der Waals surface area contributed by atoms with Gasteiger partial charge in [0.05, 0.1) is 0 Å². The van der Waals surface area contributed by atoms with Crippen molar-refractivity contribution in [1.82, 2.24) is 4.90 Å². The van der Waals surface area contributed by atoms with E-state index >= 15 is 0 Å². The van der Waals surface area contributed by atoms with E-state index in [-0.39, 0.29) is 18.4 Å². The molecule has 0 aromatic heterocycles. The van der Waals surface area contributed by atoms with Crippen LogP contribution in [0.4, 0.5) is 0 Å². The summed E-state index contributed by atoms with van der Waals surface area (Å²) in [6.45, 7) is 10.9. The molecule has 4 heteroatoms. The highest BCUT2D eigenvalue weighted by molar-refractivity contribution is 5.97. The van der Waals surface area contributed by atoms with Gasteiger partial charge < -0.3 is 10.6 Å². The summed E-state index contributed by atoms with van der Waals surface area (Å²) in [5, 5.41) is 0. The van der Waals surface area contributed by atoms with E-state index in [1.54, 1.807) is 18.2 Å². The third-order valence-corrected chi connectivity index (χ3v) is 1.89. The van der Waals surface area contributed by atoms with Crippen LogP contribution in [0, 0.1) is 0 Å². The molecular weight excluding hydrogens is 204 g/mol. The van der Waals surface area contributed by atoms with Crippen molar-refractivity contribution in [3.63, 3.8) is 0 Å². The predicted octanol–water partition coefficient (Wildman–Crippen LogP) is 1.35. The molecule has 0 saturated carbocycles. The van der Waals surface area contributed by atoms with Crippen LogP contribution in [0.25, 0.3) is 0 Å². The fourth-order valence-corrected chi connectivity index (χ4v) is 1.33. The molecule has 4 nitrogen and oxygen atoms in total. The van der Waals surface area contributed by atoms with Crippen molar-refractivity contribution in [3.8, 4) is 0 Å². The van der Waals surface area contributed by atoms with Crippen molar-refractivity contribution in [2.45, 2.75) is 26.3 Å². The smallest absolute Gasteiger partial charge is 0.236 e. The molecular formula is C12H18N2O2. The van der Waals surface area contributed by atoms with E-state index in [4.69, 9.17) is 5.73 Å². The summed E-state index contributed by atoms with van der Waals surface area (Å²) in [7, 11) is 0. The zero-order valence-corrected chi connectivity index (χ0v) is 9.77. The standard InChI is InChI=1S/C12H18N2O2/c1-5-7-10(6-2)14(9(3)4)12(16)8-11(13)15/h5-7,9H,1-2,8H2,3-4H3,(H2,13,15)/b10-7+. The first-order chi connectivity index (χ1) is 7.43. The number of amides is 2. The van der Waals surface area contributed by atoms with Gasteiger partial charge in [-0.15, -0.1) is 0 Å². The molecule has 0 spiro atoms. The second-order valence-corrected chi connectivity index (χ2v) is 3.53. The van der Waals surface area contributed by atoms with Crippen LogP contribution in [0.15, 0.2) is 37.1 Å². The Kier molecular flexibility index (Phi) is 5.85. The van der Waals surface area contributed by atoms with Gasteiger partial charge in [0.25, 0.3) is 0 Å². The molecule has 0 aliphatic rings. The molecule has 0 aliphatic heterocycles. The third kappa shape index (κ3) is 4.13. The summed E-state index contributed by atoms with van der Waals surface area (Å²) in [5.74, 6) is -0.979. The Morgan fingerprint density at radius 2 is 1.94 bits per heavy atom. The number of carbonyl (C=O) groups is 2. The van der Waals surface area contributed by atoms with Crippen LogP contribution in [-0.4, -0.2) is 22.8 Å². The van der Waals surface area contributed by atoms with Gasteiger partial charge in [-0.25, -0.2) is 0 Å². The molecule has 0 aromatic rings. The molecule has 2 amide bonds. The number of primary amides is 1. The minimum Gasteiger partial charge on any atom is -0.369 e. The van der Waals surface area contributed by atoms with Crippen LogP contribution in [-0.2, 0) is 9.59 Å². The molecule has 2 N–H and O–H groups in total. The van der Waals surface area contributed by atoms with E-state index in [1.807, 2.05) is 13.8 Å². The second-order valence-electron chi connectivity index (χ2n) is 3.53. The van der Waals surface area contributed by atoms with Crippen LogP contribution < -0.4 is 5.73 Å². The van der Waals surface area contributed by atoms with Crippen LogP contribution in [0.3, 0.4) is 0 Å². The highest BCUT2D eigenvalue weighted by atomic mass is 16.2. The maximum Gasteiger partial charge on any atom is 0.236 e. The summed E-state index contributed by atoms with van der Waals surface area (Å²) >= 11 is 0. The Bertz CT molecular complexity index is 330. The molecule has 0 aliphatic carbocycles. The number of carbonyl (C=O) groups excluding carboxylic acids is 2.